The zero-order chi connectivity index (χ0) is 24.2. The third-order valence-corrected chi connectivity index (χ3v) is 5.47. The molecule has 0 saturated heterocycles. The van der Waals surface area contributed by atoms with Gasteiger partial charge in [0.1, 0.15) is 0 Å². The lowest BCUT2D eigenvalue weighted by molar-refractivity contribution is -0.147. The van der Waals surface area contributed by atoms with Gasteiger partial charge in [-0.3, -0.25) is 14.4 Å². The van der Waals surface area contributed by atoms with E-state index in [0.29, 0.717) is 33.0 Å². The number of benzene rings is 2. The molecule has 2 rings (SSSR count). The molecule has 33 heavy (non-hydrogen) atoms. The summed E-state index contributed by atoms with van der Waals surface area (Å²) < 4.78 is 10.7. The third kappa shape index (κ3) is 9.63. The van der Waals surface area contributed by atoms with Gasteiger partial charge in [-0.05, 0) is 58.7 Å². The first-order chi connectivity index (χ1) is 15.8. The third-order valence-electron chi connectivity index (χ3n) is 4.24. The van der Waals surface area contributed by atoms with Crippen molar-refractivity contribution in [2.75, 3.05) is 23.8 Å². The molecule has 8 nitrogen and oxygen atoms in total. The van der Waals surface area contributed by atoms with E-state index in [1.807, 2.05) is 6.92 Å². The smallest absolute Gasteiger partial charge is 0.338 e. The van der Waals surface area contributed by atoms with Crippen LogP contribution in [-0.4, -0.2) is 37.0 Å². The fraction of sp³-hybridized carbons (Fsp3) is 0.304. The van der Waals surface area contributed by atoms with Crippen LogP contribution in [0.2, 0.25) is 5.02 Å². The SMILES string of the molecule is CCCCOC(=O)c1cccc(NC(=O)CCC(=O)OCC(=O)Nc2ccc(Br)c(Cl)c2)c1. The molecular weight excluding hydrogens is 516 g/mol. The average Bonchev–Trinajstić information content (AvgIpc) is 2.79. The molecule has 0 heterocycles. The number of halogens is 2. The monoisotopic (exact) mass is 538 g/mol. The van der Waals surface area contributed by atoms with Crippen molar-refractivity contribution in [3.63, 3.8) is 0 Å². The summed E-state index contributed by atoms with van der Waals surface area (Å²) >= 11 is 9.21. The van der Waals surface area contributed by atoms with Gasteiger partial charge in [0, 0.05) is 22.3 Å². The molecule has 2 N–H and O–H groups in total. The lowest BCUT2D eigenvalue weighted by Gasteiger charge is -2.09. The molecule has 2 aromatic carbocycles. The Morgan fingerprint density at radius 1 is 0.939 bits per heavy atom. The van der Waals surface area contributed by atoms with Gasteiger partial charge in [-0.1, -0.05) is 31.0 Å². The van der Waals surface area contributed by atoms with Crippen molar-refractivity contribution in [2.24, 2.45) is 0 Å². The minimum absolute atomic E-state index is 0.145. The average molecular weight is 540 g/mol. The second-order valence-electron chi connectivity index (χ2n) is 6.96. The molecule has 0 unspecified atom stereocenters. The van der Waals surface area contributed by atoms with Crippen LogP contribution in [0.1, 0.15) is 43.0 Å². The Hall–Kier alpha value is -2.91. The topological polar surface area (TPSA) is 111 Å². The largest absolute Gasteiger partial charge is 0.462 e. The molecule has 0 spiro atoms. The first-order valence-electron chi connectivity index (χ1n) is 10.3. The number of unbranched alkanes of at least 4 members (excludes halogenated alkanes) is 1. The summed E-state index contributed by atoms with van der Waals surface area (Å²) in [5.74, 6) is -2.12. The number of hydrogen-bond donors (Lipinski definition) is 2. The van der Waals surface area contributed by atoms with Crippen molar-refractivity contribution in [2.45, 2.75) is 32.6 Å². The van der Waals surface area contributed by atoms with Crippen LogP contribution in [0.25, 0.3) is 0 Å². The Balaban J connectivity index is 1.72. The maximum atomic E-state index is 12.1. The highest BCUT2D eigenvalue weighted by molar-refractivity contribution is 9.10. The molecular formula is C23H24BrClN2O6. The molecule has 0 atom stereocenters. The van der Waals surface area contributed by atoms with Crippen molar-refractivity contribution in [1.29, 1.82) is 0 Å². The second kappa shape index (κ2) is 13.6. The minimum Gasteiger partial charge on any atom is -0.462 e. The van der Waals surface area contributed by atoms with E-state index >= 15 is 0 Å². The summed E-state index contributed by atoms with van der Waals surface area (Å²) in [6.45, 7) is 1.84. The Morgan fingerprint density at radius 3 is 2.39 bits per heavy atom. The Bertz CT molecular complexity index is 1010. The van der Waals surface area contributed by atoms with Crippen molar-refractivity contribution < 1.29 is 28.7 Å². The van der Waals surface area contributed by atoms with Gasteiger partial charge in [0.15, 0.2) is 6.61 Å². The van der Waals surface area contributed by atoms with Gasteiger partial charge in [-0.2, -0.15) is 0 Å². The van der Waals surface area contributed by atoms with E-state index in [1.165, 1.54) is 6.07 Å². The summed E-state index contributed by atoms with van der Waals surface area (Å²) in [6, 6.07) is 11.2. The maximum absolute atomic E-state index is 12.1. The lowest BCUT2D eigenvalue weighted by atomic mass is 10.2. The summed E-state index contributed by atoms with van der Waals surface area (Å²) in [5, 5.41) is 5.60. The normalized spacial score (nSPS) is 10.3. The summed E-state index contributed by atoms with van der Waals surface area (Å²) in [7, 11) is 0. The van der Waals surface area contributed by atoms with Crippen LogP contribution < -0.4 is 10.6 Å². The summed E-state index contributed by atoms with van der Waals surface area (Å²) in [4.78, 5) is 47.9. The van der Waals surface area contributed by atoms with E-state index < -0.39 is 30.4 Å². The molecule has 2 amide bonds. The standard InChI is InChI=1S/C23H24BrClN2O6/c1-2-3-11-32-23(31)15-5-4-6-16(12-15)26-20(28)9-10-22(30)33-14-21(29)27-17-7-8-18(24)19(25)13-17/h4-8,12-13H,2-3,9-11,14H2,1H3,(H,26,28)(H,27,29). The fourth-order valence-electron chi connectivity index (χ4n) is 2.54. The number of hydrogen-bond acceptors (Lipinski definition) is 6. The predicted molar refractivity (Wildman–Crippen MR) is 128 cm³/mol. The van der Waals surface area contributed by atoms with Crippen molar-refractivity contribution in [3.05, 3.63) is 57.5 Å². The first-order valence-corrected chi connectivity index (χ1v) is 11.4. The van der Waals surface area contributed by atoms with Gasteiger partial charge in [-0.15, -0.1) is 0 Å². The van der Waals surface area contributed by atoms with Gasteiger partial charge < -0.3 is 20.1 Å². The number of amides is 2. The molecule has 0 aromatic heterocycles. The van der Waals surface area contributed by atoms with Gasteiger partial charge in [-0.25, -0.2) is 4.79 Å². The second-order valence-corrected chi connectivity index (χ2v) is 8.22. The van der Waals surface area contributed by atoms with E-state index in [-0.39, 0.29) is 12.8 Å². The molecule has 0 aliphatic carbocycles. The van der Waals surface area contributed by atoms with Crippen LogP contribution in [0.5, 0.6) is 0 Å². The Kier molecular flexibility index (Phi) is 10.9. The van der Waals surface area contributed by atoms with Crippen LogP contribution in [0.3, 0.4) is 0 Å². The van der Waals surface area contributed by atoms with E-state index in [0.717, 1.165) is 12.8 Å². The fourth-order valence-corrected chi connectivity index (χ4v) is 2.97. The Morgan fingerprint density at radius 2 is 1.67 bits per heavy atom. The maximum Gasteiger partial charge on any atom is 0.338 e. The zero-order valence-electron chi connectivity index (χ0n) is 18.0. The van der Waals surface area contributed by atoms with E-state index in [4.69, 9.17) is 21.1 Å². The highest BCUT2D eigenvalue weighted by Crippen LogP contribution is 2.25. The zero-order valence-corrected chi connectivity index (χ0v) is 20.3. The number of anilines is 2. The van der Waals surface area contributed by atoms with Crippen LogP contribution in [0.15, 0.2) is 46.9 Å². The number of rotatable bonds is 11. The highest BCUT2D eigenvalue weighted by atomic mass is 79.9. The van der Waals surface area contributed by atoms with E-state index in [9.17, 15) is 19.2 Å². The number of carbonyl (C=O) groups is 4. The van der Waals surface area contributed by atoms with Gasteiger partial charge in [0.2, 0.25) is 5.91 Å². The van der Waals surface area contributed by atoms with Gasteiger partial charge in [0.05, 0.1) is 23.6 Å². The highest BCUT2D eigenvalue weighted by Gasteiger charge is 2.13. The quantitative estimate of drug-likeness (QED) is 0.308. The van der Waals surface area contributed by atoms with Crippen molar-refractivity contribution >= 4 is 62.7 Å². The molecule has 0 saturated carbocycles. The molecule has 10 heteroatoms. The molecule has 176 valence electrons. The molecule has 0 aliphatic rings. The van der Waals surface area contributed by atoms with Crippen molar-refractivity contribution in [1.82, 2.24) is 0 Å². The molecule has 2 aromatic rings. The molecule has 0 aliphatic heterocycles. The van der Waals surface area contributed by atoms with Crippen LogP contribution in [-0.2, 0) is 23.9 Å². The number of nitrogens with one attached hydrogen (secondary N) is 2. The summed E-state index contributed by atoms with van der Waals surface area (Å²) in [6.07, 6.45) is 1.34. The van der Waals surface area contributed by atoms with Gasteiger partial charge >= 0.3 is 11.9 Å². The first kappa shape index (κ1) is 26.3. The number of carbonyl (C=O) groups excluding carboxylic acids is 4. The van der Waals surface area contributed by atoms with Crippen LogP contribution in [0, 0.1) is 0 Å². The van der Waals surface area contributed by atoms with Crippen molar-refractivity contribution in [3.8, 4) is 0 Å². The molecule has 0 radical (unpaired) electrons. The Labute approximate surface area is 205 Å². The van der Waals surface area contributed by atoms with E-state index in [1.54, 1.807) is 36.4 Å². The van der Waals surface area contributed by atoms with Crippen LogP contribution in [0.4, 0.5) is 11.4 Å². The van der Waals surface area contributed by atoms with Gasteiger partial charge in [0.25, 0.3) is 5.91 Å². The number of ether oxygens (including phenoxy) is 2. The molecule has 0 bridgehead atoms. The lowest BCUT2D eigenvalue weighted by Crippen LogP contribution is -2.21. The number of esters is 2. The summed E-state index contributed by atoms with van der Waals surface area (Å²) in [5.41, 5.74) is 1.19. The van der Waals surface area contributed by atoms with E-state index in [2.05, 4.69) is 26.6 Å². The minimum atomic E-state index is -0.692. The predicted octanol–water partition coefficient (Wildman–Crippen LogP) is 4.96. The van der Waals surface area contributed by atoms with Crippen LogP contribution >= 0.6 is 27.5 Å². The molecule has 0 fully saturated rings.